The number of nitrogens with two attached hydrogens (primary N) is 1. The molecule has 108 valence electrons. The average molecular weight is 284 g/mol. The Bertz CT molecular complexity index is 667. The van der Waals surface area contributed by atoms with E-state index in [1.807, 2.05) is 18.2 Å². The highest BCUT2D eigenvalue weighted by atomic mass is 19.1. The van der Waals surface area contributed by atoms with Crippen molar-refractivity contribution in [2.45, 2.75) is 24.8 Å². The van der Waals surface area contributed by atoms with Crippen LogP contribution in [0, 0.1) is 5.82 Å². The first-order chi connectivity index (χ1) is 10.1. The highest BCUT2D eigenvalue weighted by Crippen LogP contribution is 2.40. The molecule has 0 heterocycles. The van der Waals surface area contributed by atoms with Gasteiger partial charge in [0, 0.05) is 5.69 Å². The summed E-state index contributed by atoms with van der Waals surface area (Å²) in [4.78, 5) is 11.8. The quantitative estimate of drug-likeness (QED) is 0.884. The Morgan fingerprint density at radius 1 is 1.19 bits per heavy atom. The van der Waals surface area contributed by atoms with Gasteiger partial charge in [0.15, 0.2) is 0 Å². The van der Waals surface area contributed by atoms with Crippen molar-refractivity contribution >= 4 is 11.6 Å². The summed E-state index contributed by atoms with van der Waals surface area (Å²) in [6.07, 6.45) is 2.39. The number of amides is 1. The van der Waals surface area contributed by atoms with Crippen LogP contribution in [-0.2, 0) is 4.79 Å². The highest BCUT2D eigenvalue weighted by molar-refractivity contribution is 5.84. The maximum absolute atomic E-state index is 13.2. The summed E-state index contributed by atoms with van der Waals surface area (Å²) in [5.41, 5.74) is 8.09. The van der Waals surface area contributed by atoms with E-state index in [9.17, 15) is 9.18 Å². The van der Waals surface area contributed by atoms with E-state index < -0.39 is 11.9 Å². The van der Waals surface area contributed by atoms with E-state index in [4.69, 9.17) is 5.73 Å². The molecule has 1 aliphatic rings. The van der Waals surface area contributed by atoms with Gasteiger partial charge in [-0.3, -0.25) is 4.79 Å². The highest BCUT2D eigenvalue weighted by Gasteiger charge is 2.25. The molecule has 2 aromatic carbocycles. The number of rotatable bonds is 5. The van der Waals surface area contributed by atoms with Crippen molar-refractivity contribution in [3.63, 3.8) is 0 Å². The third kappa shape index (κ3) is 3.21. The van der Waals surface area contributed by atoms with E-state index in [0.717, 1.165) is 5.56 Å². The van der Waals surface area contributed by atoms with Gasteiger partial charge >= 0.3 is 0 Å². The second-order valence-electron chi connectivity index (χ2n) is 5.43. The molecule has 1 saturated carbocycles. The van der Waals surface area contributed by atoms with Crippen LogP contribution in [0.3, 0.4) is 0 Å². The molecule has 1 unspecified atom stereocenters. The van der Waals surface area contributed by atoms with Gasteiger partial charge in [-0.15, -0.1) is 0 Å². The number of carbonyl (C=O) groups excluding carboxylic acids is 1. The summed E-state index contributed by atoms with van der Waals surface area (Å²) in [5, 5.41) is 3.01. The van der Waals surface area contributed by atoms with Crippen LogP contribution in [0.25, 0.3) is 0 Å². The lowest BCUT2D eigenvalue weighted by atomic mass is 10.0. The third-order valence-corrected chi connectivity index (χ3v) is 3.71. The zero-order valence-electron chi connectivity index (χ0n) is 11.6. The molecule has 3 N–H and O–H groups in total. The van der Waals surface area contributed by atoms with Gasteiger partial charge in [-0.1, -0.05) is 30.3 Å². The molecule has 3 nitrogen and oxygen atoms in total. The molecule has 1 fully saturated rings. The number of primary amides is 1. The van der Waals surface area contributed by atoms with Crippen molar-refractivity contribution in [1.29, 1.82) is 0 Å². The second kappa shape index (κ2) is 5.56. The minimum atomic E-state index is -0.662. The molecule has 0 aliphatic heterocycles. The van der Waals surface area contributed by atoms with E-state index in [-0.39, 0.29) is 5.82 Å². The van der Waals surface area contributed by atoms with Gasteiger partial charge < -0.3 is 11.1 Å². The number of hydrogen-bond acceptors (Lipinski definition) is 2. The lowest BCUT2D eigenvalue weighted by molar-refractivity contribution is -0.118. The lowest BCUT2D eigenvalue weighted by Gasteiger charge is -2.18. The van der Waals surface area contributed by atoms with Crippen LogP contribution in [0.2, 0.25) is 0 Å². The molecule has 4 heteroatoms. The van der Waals surface area contributed by atoms with E-state index in [1.165, 1.54) is 30.5 Å². The Morgan fingerprint density at radius 2 is 1.95 bits per heavy atom. The van der Waals surface area contributed by atoms with Gasteiger partial charge in [0.2, 0.25) is 5.91 Å². The molecule has 21 heavy (non-hydrogen) atoms. The standard InChI is InChI=1S/C17H17FN2O/c18-14-5-2-6-15(10-14)20-16(17(19)21)13-4-1-3-12(9-13)11-7-8-11/h1-6,9-11,16,20H,7-8H2,(H2,19,21). The lowest BCUT2D eigenvalue weighted by Crippen LogP contribution is -2.27. The van der Waals surface area contributed by atoms with Gasteiger partial charge in [0.25, 0.3) is 0 Å². The molecule has 0 bridgehead atoms. The van der Waals surface area contributed by atoms with Crippen LogP contribution in [0.4, 0.5) is 10.1 Å². The molecule has 2 aromatic rings. The summed E-state index contributed by atoms with van der Waals surface area (Å²) in [6.45, 7) is 0. The Kier molecular flexibility index (Phi) is 3.60. The summed E-state index contributed by atoms with van der Waals surface area (Å²) < 4.78 is 13.2. The van der Waals surface area contributed by atoms with Crippen LogP contribution < -0.4 is 11.1 Å². The summed E-state index contributed by atoms with van der Waals surface area (Å²) in [6, 6.07) is 13.2. The molecular weight excluding hydrogens is 267 g/mol. The number of nitrogens with one attached hydrogen (secondary N) is 1. The number of benzene rings is 2. The van der Waals surface area contributed by atoms with E-state index in [0.29, 0.717) is 11.6 Å². The summed E-state index contributed by atoms with van der Waals surface area (Å²) in [7, 11) is 0. The van der Waals surface area contributed by atoms with Crippen molar-refractivity contribution in [3.05, 3.63) is 65.5 Å². The van der Waals surface area contributed by atoms with Gasteiger partial charge in [-0.05, 0) is 48.1 Å². The first-order valence-electron chi connectivity index (χ1n) is 7.05. The maximum Gasteiger partial charge on any atom is 0.244 e. The number of anilines is 1. The fourth-order valence-corrected chi connectivity index (χ4v) is 2.47. The third-order valence-electron chi connectivity index (χ3n) is 3.71. The Labute approximate surface area is 123 Å². The summed E-state index contributed by atoms with van der Waals surface area (Å²) in [5.74, 6) is -0.227. The molecule has 1 amide bonds. The molecule has 1 atom stereocenters. The van der Waals surface area contributed by atoms with Crippen LogP contribution in [-0.4, -0.2) is 5.91 Å². The van der Waals surface area contributed by atoms with Crippen molar-refractivity contribution in [2.24, 2.45) is 5.73 Å². The first kappa shape index (κ1) is 13.6. The zero-order chi connectivity index (χ0) is 14.8. The molecule has 0 saturated heterocycles. The van der Waals surface area contributed by atoms with Crippen LogP contribution >= 0.6 is 0 Å². The predicted octanol–water partition coefficient (Wildman–Crippen LogP) is 3.34. The van der Waals surface area contributed by atoms with Crippen LogP contribution in [0.1, 0.15) is 35.9 Å². The number of hydrogen-bond donors (Lipinski definition) is 2. The van der Waals surface area contributed by atoms with Crippen LogP contribution in [0.15, 0.2) is 48.5 Å². The SMILES string of the molecule is NC(=O)C(Nc1cccc(F)c1)c1cccc(C2CC2)c1. The fourth-order valence-electron chi connectivity index (χ4n) is 2.47. The van der Waals surface area contributed by atoms with Gasteiger partial charge in [0.05, 0.1) is 0 Å². The predicted molar refractivity (Wildman–Crippen MR) is 80.4 cm³/mol. The minimum Gasteiger partial charge on any atom is -0.370 e. The summed E-state index contributed by atoms with van der Waals surface area (Å²) >= 11 is 0. The average Bonchev–Trinajstić information content (AvgIpc) is 3.29. The maximum atomic E-state index is 13.2. The molecule has 0 radical (unpaired) electrons. The molecular formula is C17H17FN2O. The molecule has 1 aliphatic carbocycles. The Hall–Kier alpha value is -2.36. The van der Waals surface area contributed by atoms with Gasteiger partial charge in [-0.2, -0.15) is 0 Å². The molecule has 0 aromatic heterocycles. The fraction of sp³-hybridized carbons (Fsp3) is 0.235. The van der Waals surface area contributed by atoms with E-state index >= 15 is 0 Å². The number of carbonyl (C=O) groups is 1. The van der Waals surface area contributed by atoms with Crippen molar-refractivity contribution in [3.8, 4) is 0 Å². The largest absolute Gasteiger partial charge is 0.370 e. The topological polar surface area (TPSA) is 55.1 Å². The number of halogens is 1. The molecule has 0 spiro atoms. The normalized spacial score (nSPS) is 15.5. The van der Waals surface area contributed by atoms with E-state index in [2.05, 4.69) is 11.4 Å². The van der Waals surface area contributed by atoms with Crippen LogP contribution in [0.5, 0.6) is 0 Å². The Balaban J connectivity index is 1.87. The van der Waals surface area contributed by atoms with Gasteiger partial charge in [0.1, 0.15) is 11.9 Å². The first-order valence-corrected chi connectivity index (χ1v) is 7.05. The zero-order valence-corrected chi connectivity index (χ0v) is 11.6. The van der Waals surface area contributed by atoms with E-state index in [1.54, 1.807) is 12.1 Å². The van der Waals surface area contributed by atoms with Crippen molar-refractivity contribution in [1.82, 2.24) is 0 Å². The smallest absolute Gasteiger partial charge is 0.244 e. The Morgan fingerprint density at radius 3 is 2.62 bits per heavy atom. The van der Waals surface area contributed by atoms with Gasteiger partial charge in [-0.25, -0.2) is 4.39 Å². The monoisotopic (exact) mass is 284 g/mol. The van der Waals surface area contributed by atoms with Crippen molar-refractivity contribution in [2.75, 3.05) is 5.32 Å². The minimum absolute atomic E-state index is 0.352. The van der Waals surface area contributed by atoms with Crippen molar-refractivity contribution < 1.29 is 9.18 Å². The molecule has 3 rings (SSSR count). The second-order valence-corrected chi connectivity index (χ2v) is 5.43.